The topological polar surface area (TPSA) is 26.9 Å². The molecule has 0 N–H and O–H groups in total. The molecule has 0 saturated carbocycles. The van der Waals surface area contributed by atoms with Crippen molar-refractivity contribution in [2.75, 3.05) is 0 Å². The Morgan fingerprint density at radius 1 is 1.50 bits per heavy atom. The van der Waals surface area contributed by atoms with Gasteiger partial charge in [-0.2, -0.15) is 4.73 Å². The molecule has 0 spiro atoms. The first-order valence-corrected chi connectivity index (χ1v) is 3.76. The highest BCUT2D eigenvalue weighted by molar-refractivity contribution is 9.10. The van der Waals surface area contributed by atoms with E-state index in [0.717, 1.165) is 14.8 Å². The minimum atomic E-state index is 0.700. The van der Waals surface area contributed by atoms with Crippen LogP contribution in [0.3, 0.4) is 0 Å². The van der Waals surface area contributed by atoms with E-state index in [4.69, 9.17) is 0 Å². The first-order valence-electron chi connectivity index (χ1n) is 2.97. The van der Waals surface area contributed by atoms with Gasteiger partial charge in [0.25, 0.3) is 0 Å². The summed E-state index contributed by atoms with van der Waals surface area (Å²) in [7, 11) is 0. The molecule has 10 heavy (non-hydrogen) atoms. The van der Waals surface area contributed by atoms with E-state index in [1.165, 1.54) is 0 Å². The van der Waals surface area contributed by atoms with E-state index in [-0.39, 0.29) is 0 Å². The van der Waals surface area contributed by atoms with Crippen LogP contribution in [-0.4, -0.2) is 0 Å². The predicted octanol–water partition coefficient (Wildman–Crippen LogP) is 1.70. The van der Waals surface area contributed by atoms with Crippen LogP contribution < -0.4 is 4.73 Å². The SMILES string of the molecule is Cc1cc(Br)c(C)[n+]([O-])c1. The van der Waals surface area contributed by atoms with Crippen molar-refractivity contribution in [3.8, 4) is 0 Å². The van der Waals surface area contributed by atoms with Gasteiger partial charge in [-0.05, 0) is 28.9 Å². The van der Waals surface area contributed by atoms with E-state index >= 15 is 0 Å². The van der Waals surface area contributed by atoms with Crippen molar-refractivity contribution >= 4 is 15.9 Å². The summed E-state index contributed by atoms with van der Waals surface area (Å²) < 4.78 is 1.72. The summed E-state index contributed by atoms with van der Waals surface area (Å²) in [4.78, 5) is 0. The Morgan fingerprint density at radius 2 is 2.10 bits per heavy atom. The monoisotopic (exact) mass is 201 g/mol. The molecule has 54 valence electrons. The molecule has 1 aromatic rings. The molecule has 0 radical (unpaired) electrons. The molecule has 0 aliphatic carbocycles. The van der Waals surface area contributed by atoms with Crippen LogP contribution in [0.2, 0.25) is 0 Å². The van der Waals surface area contributed by atoms with Gasteiger partial charge in [-0.3, -0.25) is 0 Å². The summed E-state index contributed by atoms with van der Waals surface area (Å²) >= 11 is 3.28. The van der Waals surface area contributed by atoms with Crippen molar-refractivity contribution < 1.29 is 4.73 Å². The summed E-state index contributed by atoms with van der Waals surface area (Å²) in [6.07, 6.45) is 1.56. The third-order valence-corrected chi connectivity index (χ3v) is 2.15. The van der Waals surface area contributed by atoms with Gasteiger partial charge in [0, 0.05) is 12.5 Å². The Bertz CT molecular complexity index is 237. The first kappa shape index (κ1) is 7.54. The van der Waals surface area contributed by atoms with Gasteiger partial charge in [0.15, 0.2) is 6.20 Å². The quantitative estimate of drug-likeness (QED) is 0.464. The Kier molecular flexibility index (Phi) is 1.94. The molecule has 0 bridgehead atoms. The smallest absolute Gasteiger partial charge is 0.203 e. The van der Waals surface area contributed by atoms with Gasteiger partial charge < -0.3 is 5.21 Å². The second-order valence-corrected chi connectivity index (χ2v) is 3.13. The number of hydrogen-bond acceptors (Lipinski definition) is 1. The molecule has 0 amide bonds. The fourth-order valence-corrected chi connectivity index (χ4v) is 1.26. The van der Waals surface area contributed by atoms with Gasteiger partial charge in [0.05, 0.1) is 4.47 Å². The van der Waals surface area contributed by atoms with E-state index < -0.39 is 0 Å². The summed E-state index contributed by atoms with van der Waals surface area (Å²) in [6.45, 7) is 3.66. The third kappa shape index (κ3) is 1.29. The van der Waals surface area contributed by atoms with Gasteiger partial charge in [0.1, 0.15) is 0 Å². The molecule has 3 heteroatoms. The standard InChI is InChI=1S/C7H8BrNO/c1-5-3-7(8)6(2)9(10)4-5/h3-4H,1-2H3. The lowest BCUT2D eigenvalue weighted by atomic mass is 10.3. The zero-order valence-corrected chi connectivity index (χ0v) is 7.47. The largest absolute Gasteiger partial charge is 0.618 e. The van der Waals surface area contributed by atoms with Crippen LogP contribution in [0.1, 0.15) is 11.3 Å². The molecule has 2 nitrogen and oxygen atoms in total. The zero-order valence-electron chi connectivity index (χ0n) is 5.89. The minimum Gasteiger partial charge on any atom is -0.618 e. The number of halogens is 1. The molecule has 0 atom stereocenters. The molecule has 0 aliphatic heterocycles. The minimum absolute atomic E-state index is 0.700. The molecular formula is C7H8BrNO. The Labute approximate surface area is 68.2 Å². The average Bonchev–Trinajstić information content (AvgIpc) is 1.82. The van der Waals surface area contributed by atoms with Gasteiger partial charge in [-0.25, -0.2) is 0 Å². The molecule has 1 heterocycles. The van der Waals surface area contributed by atoms with E-state index in [2.05, 4.69) is 15.9 Å². The first-order chi connectivity index (χ1) is 4.61. The maximum Gasteiger partial charge on any atom is 0.203 e. The van der Waals surface area contributed by atoms with Gasteiger partial charge in [-0.1, -0.05) is 0 Å². The van der Waals surface area contributed by atoms with Crippen LogP contribution in [-0.2, 0) is 0 Å². The maximum absolute atomic E-state index is 10.9. The van der Waals surface area contributed by atoms with Crippen molar-refractivity contribution in [3.63, 3.8) is 0 Å². The predicted molar refractivity (Wildman–Crippen MR) is 42.6 cm³/mol. The molecular weight excluding hydrogens is 194 g/mol. The lowest BCUT2D eigenvalue weighted by molar-refractivity contribution is -0.613. The Hall–Kier alpha value is -0.570. The number of aromatic nitrogens is 1. The molecule has 0 aromatic carbocycles. The molecule has 0 saturated heterocycles. The molecule has 0 unspecified atom stereocenters. The fraction of sp³-hybridized carbons (Fsp3) is 0.286. The normalized spacial score (nSPS) is 9.90. The average molecular weight is 202 g/mol. The number of hydrogen-bond donors (Lipinski definition) is 0. The van der Waals surface area contributed by atoms with E-state index in [1.807, 2.05) is 13.0 Å². The Morgan fingerprint density at radius 3 is 2.60 bits per heavy atom. The highest BCUT2D eigenvalue weighted by atomic mass is 79.9. The van der Waals surface area contributed by atoms with Crippen LogP contribution >= 0.6 is 15.9 Å². The molecule has 1 aromatic heterocycles. The zero-order chi connectivity index (χ0) is 7.72. The lowest BCUT2D eigenvalue weighted by Gasteiger charge is -2.02. The van der Waals surface area contributed by atoms with Crippen LogP contribution in [0, 0.1) is 19.1 Å². The van der Waals surface area contributed by atoms with E-state index in [0.29, 0.717) is 5.69 Å². The van der Waals surface area contributed by atoms with Crippen molar-refractivity contribution in [2.45, 2.75) is 13.8 Å². The Balaban J connectivity index is 3.31. The van der Waals surface area contributed by atoms with Crippen LogP contribution in [0.5, 0.6) is 0 Å². The van der Waals surface area contributed by atoms with Gasteiger partial charge >= 0.3 is 0 Å². The highest BCUT2D eigenvalue weighted by Crippen LogP contribution is 2.12. The van der Waals surface area contributed by atoms with Crippen LogP contribution in [0.15, 0.2) is 16.7 Å². The molecule has 0 aliphatic rings. The van der Waals surface area contributed by atoms with Crippen LogP contribution in [0.4, 0.5) is 0 Å². The number of rotatable bonds is 0. The maximum atomic E-state index is 10.9. The van der Waals surface area contributed by atoms with E-state index in [1.54, 1.807) is 13.1 Å². The number of pyridine rings is 1. The summed E-state index contributed by atoms with van der Waals surface area (Å²) in [5.41, 5.74) is 1.66. The lowest BCUT2D eigenvalue weighted by Crippen LogP contribution is -2.30. The van der Waals surface area contributed by atoms with E-state index in [9.17, 15) is 5.21 Å². The second kappa shape index (κ2) is 2.58. The van der Waals surface area contributed by atoms with Crippen molar-refractivity contribution in [2.24, 2.45) is 0 Å². The van der Waals surface area contributed by atoms with Gasteiger partial charge in [0.2, 0.25) is 5.69 Å². The summed E-state index contributed by atoms with van der Waals surface area (Å²) in [5.74, 6) is 0. The highest BCUT2D eigenvalue weighted by Gasteiger charge is 2.03. The van der Waals surface area contributed by atoms with Crippen molar-refractivity contribution in [3.05, 3.63) is 33.2 Å². The molecule has 0 fully saturated rings. The summed E-state index contributed by atoms with van der Waals surface area (Å²) in [5, 5.41) is 10.9. The van der Waals surface area contributed by atoms with Crippen molar-refractivity contribution in [1.29, 1.82) is 0 Å². The fourth-order valence-electron chi connectivity index (χ4n) is 0.729. The third-order valence-electron chi connectivity index (χ3n) is 1.35. The van der Waals surface area contributed by atoms with Gasteiger partial charge in [-0.15, -0.1) is 0 Å². The molecule has 1 rings (SSSR count). The number of nitrogens with zero attached hydrogens (tertiary/aromatic N) is 1. The second-order valence-electron chi connectivity index (χ2n) is 2.28. The summed E-state index contributed by atoms with van der Waals surface area (Å²) in [6, 6.07) is 1.92. The number of aryl methyl sites for hydroxylation is 1. The van der Waals surface area contributed by atoms with Crippen LogP contribution in [0.25, 0.3) is 0 Å². The van der Waals surface area contributed by atoms with Crippen molar-refractivity contribution in [1.82, 2.24) is 0 Å².